The summed E-state index contributed by atoms with van der Waals surface area (Å²) in [6, 6.07) is 1.82. The van der Waals surface area contributed by atoms with Crippen molar-refractivity contribution in [1.82, 2.24) is 19.5 Å². The molecular formula is C16H18N4OS2. The van der Waals surface area contributed by atoms with Crippen molar-refractivity contribution < 1.29 is 0 Å². The van der Waals surface area contributed by atoms with Crippen molar-refractivity contribution in [2.45, 2.75) is 31.8 Å². The van der Waals surface area contributed by atoms with Crippen LogP contribution in [0.2, 0.25) is 0 Å². The van der Waals surface area contributed by atoms with Gasteiger partial charge in [0.25, 0.3) is 5.56 Å². The molecule has 0 amide bonds. The third-order valence-corrected chi connectivity index (χ3v) is 5.98. The van der Waals surface area contributed by atoms with E-state index in [4.69, 9.17) is 0 Å². The Balaban J connectivity index is 1.73. The van der Waals surface area contributed by atoms with Crippen LogP contribution >= 0.6 is 23.1 Å². The number of fused-ring (bicyclic) bond motifs is 1. The first-order valence-electron chi connectivity index (χ1n) is 7.43. The van der Waals surface area contributed by atoms with Gasteiger partial charge in [-0.2, -0.15) is 0 Å². The van der Waals surface area contributed by atoms with Crippen molar-refractivity contribution in [3.63, 3.8) is 0 Å². The quantitative estimate of drug-likeness (QED) is 0.403. The highest BCUT2D eigenvalue weighted by Gasteiger charge is 2.14. The highest BCUT2D eigenvalue weighted by molar-refractivity contribution is 7.99. The summed E-state index contributed by atoms with van der Waals surface area (Å²) in [7, 11) is 1.80. The molecule has 3 rings (SSSR count). The molecule has 3 heterocycles. The Morgan fingerprint density at radius 3 is 2.74 bits per heavy atom. The smallest absolute Gasteiger partial charge is 0.262 e. The average Bonchev–Trinajstić information content (AvgIpc) is 2.84. The SMILES string of the molecule is Cc1sc2nc(SCCCc3ncccn3)n(C)c(=O)c2c1C. The van der Waals surface area contributed by atoms with Gasteiger partial charge in [0.2, 0.25) is 0 Å². The molecule has 0 saturated carbocycles. The molecule has 0 bridgehead atoms. The summed E-state index contributed by atoms with van der Waals surface area (Å²) in [4.78, 5) is 27.7. The molecule has 120 valence electrons. The van der Waals surface area contributed by atoms with Crippen molar-refractivity contribution in [2.75, 3.05) is 5.75 Å². The van der Waals surface area contributed by atoms with Gasteiger partial charge in [-0.3, -0.25) is 9.36 Å². The molecule has 0 saturated heterocycles. The topological polar surface area (TPSA) is 60.7 Å². The molecule has 7 heteroatoms. The van der Waals surface area contributed by atoms with Crippen molar-refractivity contribution in [3.8, 4) is 0 Å². The second-order valence-electron chi connectivity index (χ2n) is 5.34. The zero-order valence-corrected chi connectivity index (χ0v) is 15.0. The first-order valence-corrected chi connectivity index (χ1v) is 9.23. The summed E-state index contributed by atoms with van der Waals surface area (Å²) < 4.78 is 1.66. The lowest BCUT2D eigenvalue weighted by molar-refractivity contribution is 0.726. The molecule has 0 aliphatic heterocycles. The van der Waals surface area contributed by atoms with Crippen LogP contribution in [0.1, 0.15) is 22.7 Å². The van der Waals surface area contributed by atoms with Gasteiger partial charge in [0.05, 0.1) is 5.39 Å². The lowest BCUT2D eigenvalue weighted by Crippen LogP contribution is -2.19. The first kappa shape index (κ1) is 16.1. The molecule has 0 N–H and O–H groups in total. The summed E-state index contributed by atoms with van der Waals surface area (Å²) in [5, 5.41) is 1.54. The van der Waals surface area contributed by atoms with Crippen molar-refractivity contribution in [3.05, 3.63) is 45.1 Å². The summed E-state index contributed by atoms with van der Waals surface area (Å²) in [5.74, 6) is 1.74. The average molecular weight is 346 g/mol. The Labute approximate surface area is 142 Å². The maximum absolute atomic E-state index is 12.5. The van der Waals surface area contributed by atoms with Gasteiger partial charge in [0.15, 0.2) is 5.16 Å². The van der Waals surface area contributed by atoms with E-state index < -0.39 is 0 Å². The van der Waals surface area contributed by atoms with E-state index in [1.165, 1.54) is 0 Å². The van der Waals surface area contributed by atoms with Crippen molar-refractivity contribution >= 4 is 33.3 Å². The monoisotopic (exact) mass is 346 g/mol. The van der Waals surface area contributed by atoms with E-state index in [2.05, 4.69) is 15.0 Å². The Morgan fingerprint density at radius 2 is 2.00 bits per heavy atom. The largest absolute Gasteiger partial charge is 0.290 e. The molecule has 0 fully saturated rings. The second kappa shape index (κ2) is 6.80. The minimum Gasteiger partial charge on any atom is -0.290 e. The molecule has 0 aliphatic rings. The number of thiophene rings is 1. The van der Waals surface area contributed by atoms with E-state index >= 15 is 0 Å². The molecule has 3 aromatic heterocycles. The second-order valence-corrected chi connectivity index (χ2v) is 7.60. The molecule has 0 spiro atoms. The zero-order chi connectivity index (χ0) is 16.4. The molecule has 0 radical (unpaired) electrons. The first-order chi connectivity index (χ1) is 11.1. The van der Waals surface area contributed by atoms with E-state index in [9.17, 15) is 4.79 Å². The van der Waals surface area contributed by atoms with E-state index in [1.807, 2.05) is 19.9 Å². The molecule has 23 heavy (non-hydrogen) atoms. The van der Waals surface area contributed by atoms with Crippen LogP contribution in [0.15, 0.2) is 28.4 Å². The summed E-state index contributed by atoms with van der Waals surface area (Å²) >= 11 is 3.21. The Kier molecular flexibility index (Phi) is 4.77. The fourth-order valence-corrected chi connectivity index (χ4v) is 4.32. The summed E-state index contributed by atoms with van der Waals surface area (Å²) in [5.41, 5.74) is 1.10. The third-order valence-electron chi connectivity index (χ3n) is 3.76. The van der Waals surface area contributed by atoms with Gasteiger partial charge in [-0.25, -0.2) is 15.0 Å². The molecular weight excluding hydrogens is 328 g/mol. The minimum atomic E-state index is 0.0470. The van der Waals surface area contributed by atoms with Crippen LogP contribution in [0.4, 0.5) is 0 Å². The summed E-state index contributed by atoms with van der Waals surface area (Å²) in [6.07, 6.45) is 5.30. The number of hydrogen-bond donors (Lipinski definition) is 0. The number of aromatic nitrogens is 4. The third kappa shape index (κ3) is 3.30. The standard InChI is InChI=1S/C16H18N4OS2/c1-10-11(2)23-14-13(10)15(21)20(3)16(19-14)22-9-4-6-12-17-7-5-8-18-12/h5,7-8H,4,6,9H2,1-3H3. The van der Waals surface area contributed by atoms with Crippen LogP contribution in [0.3, 0.4) is 0 Å². The maximum Gasteiger partial charge on any atom is 0.262 e. The predicted molar refractivity (Wildman–Crippen MR) is 95.4 cm³/mol. The molecule has 0 aliphatic carbocycles. The molecule has 0 aromatic carbocycles. The van der Waals surface area contributed by atoms with Crippen molar-refractivity contribution in [2.24, 2.45) is 7.05 Å². The van der Waals surface area contributed by atoms with Gasteiger partial charge in [0.1, 0.15) is 10.7 Å². The predicted octanol–water partition coefficient (Wildman–Crippen LogP) is 3.13. The van der Waals surface area contributed by atoms with Crippen LogP contribution in [0, 0.1) is 13.8 Å². The van der Waals surface area contributed by atoms with Crippen LogP contribution in [0.25, 0.3) is 10.2 Å². The Morgan fingerprint density at radius 1 is 1.26 bits per heavy atom. The van der Waals surface area contributed by atoms with Gasteiger partial charge in [-0.1, -0.05) is 11.8 Å². The Bertz CT molecular complexity index is 886. The van der Waals surface area contributed by atoms with Crippen molar-refractivity contribution in [1.29, 1.82) is 0 Å². The number of thioether (sulfide) groups is 1. The number of aryl methyl sites for hydroxylation is 3. The molecule has 0 unspecified atom stereocenters. The normalized spacial score (nSPS) is 11.3. The number of nitrogens with zero attached hydrogens (tertiary/aromatic N) is 4. The fraction of sp³-hybridized carbons (Fsp3) is 0.375. The maximum atomic E-state index is 12.5. The number of hydrogen-bond acceptors (Lipinski definition) is 6. The Hall–Kier alpha value is -1.73. The van der Waals surface area contributed by atoms with Gasteiger partial charge < -0.3 is 0 Å². The highest BCUT2D eigenvalue weighted by atomic mass is 32.2. The number of rotatable bonds is 5. The minimum absolute atomic E-state index is 0.0470. The molecule has 0 atom stereocenters. The van der Waals surface area contributed by atoms with Gasteiger partial charge >= 0.3 is 0 Å². The zero-order valence-electron chi connectivity index (χ0n) is 13.4. The summed E-state index contributed by atoms with van der Waals surface area (Å²) in [6.45, 7) is 4.03. The molecule has 5 nitrogen and oxygen atoms in total. The van der Waals surface area contributed by atoms with E-state index in [0.717, 1.165) is 50.2 Å². The fourth-order valence-electron chi connectivity index (χ4n) is 2.34. The van der Waals surface area contributed by atoms with E-state index in [1.54, 1.807) is 47.1 Å². The van der Waals surface area contributed by atoms with Crippen LogP contribution in [-0.2, 0) is 13.5 Å². The molecule has 3 aromatic rings. The van der Waals surface area contributed by atoms with Gasteiger partial charge in [-0.05, 0) is 31.9 Å². The van der Waals surface area contributed by atoms with Gasteiger partial charge in [0, 0.05) is 36.5 Å². The lowest BCUT2D eigenvalue weighted by atomic mass is 10.2. The van der Waals surface area contributed by atoms with E-state index in [-0.39, 0.29) is 5.56 Å². The lowest BCUT2D eigenvalue weighted by Gasteiger charge is -2.07. The highest BCUT2D eigenvalue weighted by Crippen LogP contribution is 2.28. The van der Waals surface area contributed by atoms with Crippen LogP contribution in [0.5, 0.6) is 0 Å². The van der Waals surface area contributed by atoms with Crippen LogP contribution < -0.4 is 5.56 Å². The van der Waals surface area contributed by atoms with Gasteiger partial charge in [-0.15, -0.1) is 11.3 Å². The van der Waals surface area contributed by atoms with E-state index in [0.29, 0.717) is 0 Å². The van der Waals surface area contributed by atoms with Crippen LogP contribution in [-0.4, -0.2) is 25.3 Å².